The lowest BCUT2D eigenvalue weighted by atomic mass is 9.88. The van der Waals surface area contributed by atoms with Crippen molar-refractivity contribution in [1.29, 1.82) is 0 Å². The maximum Gasteiger partial charge on any atom is 0.227 e. The summed E-state index contributed by atoms with van der Waals surface area (Å²) < 4.78 is 10.6. The second kappa shape index (κ2) is 6.84. The van der Waals surface area contributed by atoms with Crippen molar-refractivity contribution in [3.05, 3.63) is 17.2 Å². The number of carbonyl (C=O) groups is 1. The van der Waals surface area contributed by atoms with E-state index >= 15 is 0 Å². The van der Waals surface area contributed by atoms with Gasteiger partial charge in [-0.25, -0.2) is 0 Å². The second-order valence-corrected chi connectivity index (χ2v) is 5.45. The fourth-order valence-corrected chi connectivity index (χ4v) is 2.79. The van der Waals surface area contributed by atoms with E-state index in [1.807, 2.05) is 0 Å². The summed E-state index contributed by atoms with van der Waals surface area (Å²) in [5.41, 5.74) is 0.551. The van der Waals surface area contributed by atoms with E-state index in [1.54, 1.807) is 26.4 Å². The first-order valence-electron chi connectivity index (χ1n) is 6.88. The monoisotopic (exact) mass is 297 g/mol. The number of rotatable bonds is 4. The Balaban J connectivity index is 2.20. The quantitative estimate of drug-likeness (QED) is 0.917. The first kappa shape index (κ1) is 15.0. The van der Waals surface area contributed by atoms with Crippen LogP contribution in [0.15, 0.2) is 12.1 Å². The molecular weight excluding hydrogens is 278 g/mol. The third-order valence-corrected chi connectivity index (χ3v) is 3.91. The molecule has 1 aromatic rings. The molecule has 4 nitrogen and oxygen atoms in total. The van der Waals surface area contributed by atoms with Gasteiger partial charge in [-0.1, -0.05) is 30.9 Å². The smallest absolute Gasteiger partial charge is 0.227 e. The lowest BCUT2D eigenvalue weighted by Gasteiger charge is -2.22. The van der Waals surface area contributed by atoms with Gasteiger partial charge < -0.3 is 14.8 Å². The molecular formula is C15H20ClNO3. The summed E-state index contributed by atoms with van der Waals surface area (Å²) in [4.78, 5) is 12.3. The Kier molecular flexibility index (Phi) is 5.12. The minimum atomic E-state index is 0.0311. The number of amides is 1. The van der Waals surface area contributed by atoms with Crippen LogP contribution < -0.4 is 14.8 Å². The standard InChI is InChI=1S/C15H20ClNO3/c1-19-12-8-11(16)9-13(20-2)14(12)17-15(18)10-6-4-3-5-7-10/h8-10H,3-7H2,1-2H3,(H,17,18). The molecule has 1 aliphatic rings. The lowest BCUT2D eigenvalue weighted by molar-refractivity contribution is -0.120. The molecule has 110 valence electrons. The van der Waals surface area contributed by atoms with Crippen molar-refractivity contribution in [1.82, 2.24) is 0 Å². The molecule has 20 heavy (non-hydrogen) atoms. The van der Waals surface area contributed by atoms with E-state index in [9.17, 15) is 4.79 Å². The van der Waals surface area contributed by atoms with Gasteiger partial charge in [0, 0.05) is 23.1 Å². The van der Waals surface area contributed by atoms with E-state index in [1.165, 1.54) is 6.42 Å². The molecule has 0 saturated heterocycles. The molecule has 0 unspecified atom stereocenters. The summed E-state index contributed by atoms with van der Waals surface area (Å²) in [6.45, 7) is 0. The molecule has 0 radical (unpaired) electrons. The maximum absolute atomic E-state index is 12.3. The number of nitrogens with one attached hydrogen (secondary N) is 1. The van der Waals surface area contributed by atoms with Crippen molar-refractivity contribution >= 4 is 23.2 Å². The van der Waals surface area contributed by atoms with Crippen LogP contribution >= 0.6 is 11.6 Å². The van der Waals surface area contributed by atoms with Gasteiger partial charge >= 0.3 is 0 Å². The number of carbonyl (C=O) groups excluding carboxylic acids is 1. The number of benzene rings is 1. The summed E-state index contributed by atoms with van der Waals surface area (Å²) in [5.74, 6) is 1.13. The maximum atomic E-state index is 12.3. The Morgan fingerprint density at radius 1 is 1.15 bits per heavy atom. The van der Waals surface area contributed by atoms with Gasteiger partial charge in [0.1, 0.15) is 17.2 Å². The van der Waals surface area contributed by atoms with Crippen LogP contribution in [0, 0.1) is 5.92 Å². The number of ether oxygens (including phenoxy) is 2. The molecule has 2 rings (SSSR count). The predicted molar refractivity (Wildman–Crippen MR) is 79.8 cm³/mol. The highest BCUT2D eigenvalue weighted by Gasteiger charge is 2.23. The normalized spacial score (nSPS) is 15.8. The van der Waals surface area contributed by atoms with Gasteiger partial charge in [0.25, 0.3) is 0 Å². The number of anilines is 1. The second-order valence-electron chi connectivity index (χ2n) is 5.01. The van der Waals surface area contributed by atoms with Crippen molar-refractivity contribution in [3.8, 4) is 11.5 Å². The minimum absolute atomic E-state index is 0.0311. The third kappa shape index (κ3) is 3.37. The number of methoxy groups -OCH3 is 2. The Morgan fingerprint density at radius 3 is 2.20 bits per heavy atom. The van der Waals surface area contributed by atoms with Gasteiger partial charge in [-0.3, -0.25) is 4.79 Å². The van der Waals surface area contributed by atoms with Gasteiger partial charge in [0.2, 0.25) is 5.91 Å². The third-order valence-electron chi connectivity index (χ3n) is 3.69. The largest absolute Gasteiger partial charge is 0.494 e. The Labute approximate surface area is 124 Å². The molecule has 0 spiro atoms. The first-order chi connectivity index (χ1) is 9.65. The van der Waals surface area contributed by atoms with Gasteiger partial charge in [-0.05, 0) is 12.8 Å². The first-order valence-corrected chi connectivity index (χ1v) is 7.26. The molecule has 0 atom stereocenters. The Morgan fingerprint density at radius 2 is 1.70 bits per heavy atom. The molecule has 1 aliphatic carbocycles. The highest BCUT2D eigenvalue weighted by atomic mass is 35.5. The minimum Gasteiger partial charge on any atom is -0.494 e. The van der Waals surface area contributed by atoms with E-state index in [-0.39, 0.29) is 11.8 Å². The van der Waals surface area contributed by atoms with Crippen LogP contribution in [-0.2, 0) is 4.79 Å². The van der Waals surface area contributed by atoms with Gasteiger partial charge in [0.05, 0.1) is 14.2 Å². The van der Waals surface area contributed by atoms with E-state index in [4.69, 9.17) is 21.1 Å². The van der Waals surface area contributed by atoms with Crippen LogP contribution in [-0.4, -0.2) is 20.1 Å². The fraction of sp³-hybridized carbons (Fsp3) is 0.533. The van der Waals surface area contributed by atoms with Crippen LogP contribution in [0.5, 0.6) is 11.5 Å². The van der Waals surface area contributed by atoms with Crippen molar-refractivity contribution in [2.24, 2.45) is 5.92 Å². The Bertz CT molecular complexity index is 459. The van der Waals surface area contributed by atoms with E-state index < -0.39 is 0 Å². The molecule has 1 N–H and O–H groups in total. The molecule has 0 aromatic heterocycles. The van der Waals surface area contributed by atoms with Crippen LogP contribution in [0.2, 0.25) is 5.02 Å². The van der Waals surface area contributed by atoms with Crippen molar-refractivity contribution in [2.45, 2.75) is 32.1 Å². The SMILES string of the molecule is COc1cc(Cl)cc(OC)c1NC(=O)C1CCCCC1. The average Bonchev–Trinajstić information content (AvgIpc) is 2.49. The van der Waals surface area contributed by atoms with Crippen molar-refractivity contribution < 1.29 is 14.3 Å². The van der Waals surface area contributed by atoms with Crippen LogP contribution in [0.3, 0.4) is 0 Å². The van der Waals surface area contributed by atoms with Crippen LogP contribution in [0.25, 0.3) is 0 Å². The summed E-state index contributed by atoms with van der Waals surface area (Å²) in [7, 11) is 3.09. The topological polar surface area (TPSA) is 47.6 Å². The van der Waals surface area contributed by atoms with Crippen molar-refractivity contribution in [3.63, 3.8) is 0 Å². The number of hydrogen-bond donors (Lipinski definition) is 1. The highest BCUT2D eigenvalue weighted by Crippen LogP contribution is 2.38. The molecule has 5 heteroatoms. The zero-order chi connectivity index (χ0) is 14.5. The fourth-order valence-electron chi connectivity index (χ4n) is 2.59. The highest BCUT2D eigenvalue weighted by molar-refractivity contribution is 6.31. The molecule has 0 heterocycles. The predicted octanol–water partition coefficient (Wildman–Crippen LogP) is 3.88. The average molecular weight is 298 g/mol. The number of halogens is 1. The van der Waals surface area contributed by atoms with Gasteiger partial charge in [-0.2, -0.15) is 0 Å². The van der Waals surface area contributed by atoms with E-state index in [0.717, 1.165) is 25.7 Å². The molecule has 1 fully saturated rings. The van der Waals surface area contributed by atoms with E-state index in [2.05, 4.69) is 5.32 Å². The lowest BCUT2D eigenvalue weighted by Crippen LogP contribution is -2.25. The van der Waals surface area contributed by atoms with Gasteiger partial charge in [0.15, 0.2) is 0 Å². The summed E-state index contributed by atoms with van der Waals surface area (Å²) in [6, 6.07) is 3.33. The van der Waals surface area contributed by atoms with E-state index in [0.29, 0.717) is 22.2 Å². The molecule has 1 amide bonds. The molecule has 0 aliphatic heterocycles. The van der Waals surface area contributed by atoms with Gasteiger partial charge in [-0.15, -0.1) is 0 Å². The summed E-state index contributed by atoms with van der Waals surface area (Å²) in [6.07, 6.45) is 5.35. The number of hydrogen-bond acceptors (Lipinski definition) is 3. The van der Waals surface area contributed by atoms with Crippen LogP contribution in [0.4, 0.5) is 5.69 Å². The zero-order valence-corrected chi connectivity index (χ0v) is 12.6. The molecule has 1 saturated carbocycles. The molecule has 1 aromatic carbocycles. The van der Waals surface area contributed by atoms with Crippen molar-refractivity contribution in [2.75, 3.05) is 19.5 Å². The Hall–Kier alpha value is -1.42. The zero-order valence-electron chi connectivity index (χ0n) is 11.9. The molecule has 0 bridgehead atoms. The summed E-state index contributed by atoms with van der Waals surface area (Å²) in [5, 5.41) is 3.44. The summed E-state index contributed by atoms with van der Waals surface area (Å²) >= 11 is 5.99. The van der Waals surface area contributed by atoms with Crippen LogP contribution in [0.1, 0.15) is 32.1 Å².